The number of ether oxygens (including phenoxy) is 2. The van der Waals surface area contributed by atoms with Gasteiger partial charge in [-0.25, -0.2) is 0 Å². The van der Waals surface area contributed by atoms with Crippen molar-refractivity contribution in [2.24, 2.45) is 0 Å². The molecule has 4 nitrogen and oxygen atoms in total. The zero-order valence-corrected chi connectivity index (χ0v) is 17.5. The monoisotopic (exact) mass is 407 g/mol. The van der Waals surface area contributed by atoms with Crippen LogP contribution in [0.3, 0.4) is 0 Å². The van der Waals surface area contributed by atoms with E-state index in [4.69, 9.17) is 21.1 Å². The van der Waals surface area contributed by atoms with Gasteiger partial charge in [-0.3, -0.25) is 4.79 Å². The van der Waals surface area contributed by atoms with Gasteiger partial charge >= 0.3 is 0 Å². The van der Waals surface area contributed by atoms with Gasteiger partial charge in [0.15, 0.2) is 11.5 Å². The van der Waals surface area contributed by atoms with Crippen molar-refractivity contribution in [3.8, 4) is 11.5 Å². The van der Waals surface area contributed by atoms with Gasteiger partial charge in [-0.2, -0.15) is 0 Å². The second-order valence-electron chi connectivity index (χ2n) is 6.05. The Morgan fingerprint density at radius 3 is 2.44 bits per heavy atom. The highest BCUT2D eigenvalue weighted by Gasteiger charge is 2.15. The number of rotatable bonds is 10. The largest absolute Gasteiger partial charge is 0.493 e. The third-order valence-electron chi connectivity index (χ3n) is 4.18. The molecule has 0 saturated heterocycles. The molecule has 2 rings (SSSR count). The van der Waals surface area contributed by atoms with Crippen molar-refractivity contribution >= 4 is 29.3 Å². The molecule has 146 valence electrons. The Morgan fingerprint density at radius 1 is 1.11 bits per heavy atom. The zero-order chi connectivity index (χ0) is 19.6. The molecule has 2 aromatic carbocycles. The first-order valence-electron chi connectivity index (χ1n) is 8.97. The number of carbonyl (C=O) groups is 1. The second kappa shape index (κ2) is 11.1. The molecule has 27 heavy (non-hydrogen) atoms. The molecule has 0 aliphatic heterocycles. The molecule has 0 spiro atoms. The summed E-state index contributed by atoms with van der Waals surface area (Å²) in [5.41, 5.74) is 1.01. The molecule has 0 aliphatic rings. The highest BCUT2D eigenvalue weighted by atomic mass is 35.5. The number of carbonyl (C=O) groups excluding carboxylic acids is 1. The fourth-order valence-corrected chi connectivity index (χ4v) is 3.69. The van der Waals surface area contributed by atoms with E-state index in [0.29, 0.717) is 17.9 Å². The molecule has 1 N–H and O–H groups in total. The third-order valence-corrected chi connectivity index (χ3v) is 5.53. The highest BCUT2D eigenvalue weighted by molar-refractivity contribution is 7.99. The Bertz CT molecular complexity index is 737. The lowest BCUT2D eigenvalue weighted by molar-refractivity contribution is -0.121. The average Bonchev–Trinajstić information content (AvgIpc) is 2.70. The first kappa shape index (κ1) is 21.5. The van der Waals surface area contributed by atoms with Gasteiger partial charge in [-0.05, 0) is 60.6 Å². The number of amides is 1. The number of hydrogen-bond donors (Lipinski definition) is 1. The predicted molar refractivity (Wildman–Crippen MR) is 112 cm³/mol. The Kier molecular flexibility index (Phi) is 8.82. The van der Waals surface area contributed by atoms with Gasteiger partial charge in [-0.1, -0.05) is 24.6 Å². The van der Waals surface area contributed by atoms with Crippen LogP contribution >= 0.6 is 23.4 Å². The molecule has 0 saturated carbocycles. The van der Waals surface area contributed by atoms with Crippen LogP contribution in [0.25, 0.3) is 0 Å². The van der Waals surface area contributed by atoms with Crippen molar-refractivity contribution < 1.29 is 14.3 Å². The van der Waals surface area contributed by atoms with Crippen LogP contribution in [0.5, 0.6) is 11.5 Å². The zero-order valence-electron chi connectivity index (χ0n) is 16.0. The lowest BCUT2D eigenvalue weighted by Crippen LogP contribution is -2.28. The number of methoxy groups -OCH3 is 2. The van der Waals surface area contributed by atoms with Crippen molar-refractivity contribution in [1.29, 1.82) is 0 Å². The first-order chi connectivity index (χ1) is 13.1. The van der Waals surface area contributed by atoms with Crippen LogP contribution in [0.1, 0.15) is 37.8 Å². The Labute approximate surface area is 170 Å². The van der Waals surface area contributed by atoms with Gasteiger partial charge in [0.05, 0.1) is 20.3 Å². The van der Waals surface area contributed by atoms with Gasteiger partial charge in [0.1, 0.15) is 0 Å². The van der Waals surface area contributed by atoms with Crippen molar-refractivity contribution in [2.75, 3.05) is 20.0 Å². The SMILES string of the molecule is CCC(NC(=O)CCCSc1ccc(Cl)cc1)c1ccc(OC)c(OC)c1. The first-order valence-corrected chi connectivity index (χ1v) is 10.3. The normalized spacial score (nSPS) is 11.7. The summed E-state index contributed by atoms with van der Waals surface area (Å²) in [5.74, 6) is 2.31. The van der Waals surface area contributed by atoms with Crippen LogP contribution in [0, 0.1) is 0 Å². The van der Waals surface area contributed by atoms with Crippen LogP contribution in [-0.2, 0) is 4.79 Å². The summed E-state index contributed by atoms with van der Waals surface area (Å²) in [7, 11) is 3.22. The van der Waals surface area contributed by atoms with E-state index in [1.54, 1.807) is 26.0 Å². The minimum Gasteiger partial charge on any atom is -0.493 e. The lowest BCUT2D eigenvalue weighted by Gasteiger charge is -2.19. The molecule has 0 aliphatic carbocycles. The number of benzene rings is 2. The molecule has 0 bridgehead atoms. The van der Waals surface area contributed by atoms with E-state index in [1.165, 1.54) is 0 Å². The van der Waals surface area contributed by atoms with E-state index in [-0.39, 0.29) is 11.9 Å². The smallest absolute Gasteiger partial charge is 0.220 e. The summed E-state index contributed by atoms with van der Waals surface area (Å²) < 4.78 is 10.6. The number of thioether (sulfide) groups is 1. The maximum absolute atomic E-state index is 12.3. The third kappa shape index (κ3) is 6.67. The van der Waals surface area contributed by atoms with E-state index in [1.807, 2.05) is 42.5 Å². The summed E-state index contributed by atoms with van der Waals surface area (Å²) in [5, 5.41) is 3.85. The van der Waals surface area contributed by atoms with E-state index in [0.717, 1.165) is 34.1 Å². The maximum Gasteiger partial charge on any atom is 0.220 e. The fourth-order valence-electron chi connectivity index (χ4n) is 2.71. The van der Waals surface area contributed by atoms with Gasteiger partial charge in [0, 0.05) is 16.3 Å². The topological polar surface area (TPSA) is 47.6 Å². The summed E-state index contributed by atoms with van der Waals surface area (Å²) in [6, 6.07) is 13.5. The van der Waals surface area contributed by atoms with Crippen molar-refractivity contribution in [3.05, 3.63) is 53.1 Å². The number of halogens is 1. The van der Waals surface area contributed by atoms with Crippen molar-refractivity contribution in [1.82, 2.24) is 5.32 Å². The summed E-state index contributed by atoms with van der Waals surface area (Å²) in [6.45, 7) is 2.05. The molecule has 1 amide bonds. The molecule has 1 atom stereocenters. The van der Waals surface area contributed by atoms with E-state index >= 15 is 0 Å². The van der Waals surface area contributed by atoms with Gasteiger partial charge < -0.3 is 14.8 Å². The van der Waals surface area contributed by atoms with E-state index < -0.39 is 0 Å². The molecule has 6 heteroatoms. The average molecular weight is 408 g/mol. The van der Waals surface area contributed by atoms with E-state index in [9.17, 15) is 4.79 Å². The predicted octanol–water partition coefficient (Wildman–Crippen LogP) is 5.50. The molecule has 0 radical (unpaired) electrons. The fraction of sp³-hybridized carbons (Fsp3) is 0.381. The number of nitrogens with one attached hydrogen (secondary N) is 1. The van der Waals surface area contributed by atoms with Crippen LogP contribution < -0.4 is 14.8 Å². The van der Waals surface area contributed by atoms with Gasteiger partial charge in [0.25, 0.3) is 0 Å². The quantitative estimate of drug-likeness (QED) is 0.417. The standard InChI is InChI=1S/C21H26ClNO3S/c1-4-18(15-7-12-19(25-2)20(14-15)26-3)23-21(24)6-5-13-27-17-10-8-16(22)9-11-17/h7-12,14,18H,4-6,13H2,1-3H3,(H,23,24). The number of hydrogen-bond acceptors (Lipinski definition) is 4. The molecule has 0 heterocycles. The Balaban J connectivity index is 1.83. The van der Waals surface area contributed by atoms with Crippen LogP contribution in [0.2, 0.25) is 5.02 Å². The van der Waals surface area contributed by atoms with Gasteiger partial charge in [0.2, 0.25) is 5.91 Å². The minimum absolute atomic E-state index is 0.0405. The Morgan fingerprint density at radius 2 is 1.81 bits per heavy atom. The minimum atomic E-state index is -0.0405. The highest BCUT2D eigenvalue weighted by Crippen LogP contribution is 2.31. The summed E-state index contributed by atoms with van der Waals surface area (Å²) >= 11 is 7.62. The molecule has 1 unspecified atom stereocenters. The van der Waals surface area contributed by atoms with Crippen molar-refractivity contribution in [2.45, 2.75) is 37.1 Å². The summed E-state index contributed by atoms with van der Waals surface area (Å²) in [4.78, 5) is 13.5. The van der Waals surface area contributed by atoms with Crippen LogP contribution in [-0.4, -0.2) is 25.9 Å². The molecular formula is C21H26ClNO3S. The molecular weight excluding hydrogens is 382 g/mol. The Hall–Kier alpha value is -1.85. The molecule has 2 aromatic rings. The lowest BCUT2D eigenvalue weighted by atomic mass is 10.0. The molecule has 0 fully saturated rings. The van der Waals surface area contributed by atoms with Crippen molar-refractivity contribution in [3.63, 3.8) is 0 Å². The van der Waals surface area contributed by atoms with Crippen LogP contribution in [0.4, 0.5) is 0 Å². The maximum atomic E-state index is 12.3. The van der Waals surface area contributed by atoms with Crippen LogP contribution in [0.15, 0.2) is 47.4 Å². The second-order valence-corrected chi connectivity index (χ2v) is 7.65. The van der Waals surface area contributed by atoms with E-state index in [2.05, 4.69) is 12.2 Å². The molecule has 0 aromatic heterocycles. The van der Waals surface area contributed by atoms with Gasteiger partial charge in [-0.15, -0.1) is 11.8 Å². The summed E-state index contributed by atoms with van der Waals surface area (Å²) in [6.07, 6.45) is 2.13.